The van der Waals surface area contributed by atoms with Crippen LogP contribution in [0.25, 0.3) is 0 Å². The highest BCUT2D eigenvalue weighted by molar-refractivity contribution is 4.54. The van der Waals surface area contributed by atoms with Gasteiger partial charge in [-0.1, -0.05) is 0 Å². The molecular formula is C13H28O5. The molecule has 0 saturated carbocycles. The van der Waals surface area contributed by atoms with Crippen molar-refractivity contribution in [3.05, 3.63) is 0 Å². The molecule has 0 aliphatic heterocycles. The van der Waals surface area contributed by atoms with Crippen molar-refractivity contribution in [3.8, 4) is 0 Å². The molecule has 0 fully saturated rings. The van der Waals surface area contributed by atoms with Crippen LogP contribution in [0.1, 0.15) is 34.1 Å². The fraction of sp³-hybridized carbons (Fsp3) is 1.00. The molecule has 18 heavy (non-hydrogen) atoms. The van der Waals surface area contributed by atoms with E-state index in [1.807, 2.05) is 13.8 Å². The summed E-state index contributed by atoms with van der Waals surface area (Å²) < 4.78 is 16.3. The van der Waals surface area contributed by atoms with Crippen molar-refractivity contribution in [2.24, 2.45) is 0 Å². The Balaban J connectivity index is 3.44. The molecule has 0 amide bonds. The quantitative estimate of drug-likeness (QED) is 0.582. The molecule has 0 aromatic heterocycles. The lowest BCUT2D eigenvalue weighted by Gasteiger charge is -2.18. The van der Waals surface area contributed by atoms with Gasteiger partial charge in [0.15, 0.2) is 0 Å². The monoisotopic (exact) mass is 264 g/mol. The maximum Gasteiger partial charge on any atom is 0.0781 e. The van der Waals surface area contributed by atoms with E-state index < -0.39 is 6.10 Å². The van der Waals surface area contributed by atoms with Crippen molar-refractivity contribution in [1.29, 1.82) is 0 Å². The first kappa shape index (κ1) is 17.8. The third-order valence-electron chi connectivity index (χ3n) is 2.27. The van der Waals surface area contributed by atoms with Crippen LogP contribution < -0.4 is 0 Å². The standard InChI is InChI=1S/C13H28O5/c1-10(14)5-6-17-13(4)9-18-12(3)8-16-7-11(2)15/h10-15H,5-9H2,1-4H3. The lowest BCUT2D eigenvalue weighted by Crippen LogP contribution is -2.25. The lowest BCUT2D eigenvalue weighted by atomic mass is 10.3. The SMILES string of the molecule is CC(O)CCOC(C)COC(C)COCC(C)O. The van der Waals surface area contributed by atoms with Crippen LogP contribution in [0.3, 0.4) is 0 Å². The molecule has 0 heterocycles. The smallest absolute Gasteiger partial charge is 0.0781 e. The van der Waals surface area contributed by atoms with Gasteiger partial charge < -0.3 is 24.4 Å². The Morgan fingerprint density at radius 2 is 1.39 bits per heavy atom. The fourth-order valence-electron chi connectivity index (χ4n) is 1.24. The number of hydrogen-bond donors (Lipinski definition) is 2. The molecule has 0 aliphatic carbocycles. The molecule has 0 aromatic carbocycles. The van der Waals surface area contributed by atoms with Gasteiger partial charge in [0.2, 0.25) is 0 Å². The molecule has 0 aliphatic rings. The van der Waals surface area contributed by atoms with Gasteiger partial charge in [-0.2, -0.15) is 0 Å². The zero-order valence-electron chi connectivity index (χ0n) is 12.0. The van der Waals surface area contributed by atoms with Gasteiger partial charge >= 0.3 is 0 Å². The van der Waals surface area contributed by atoms with E-state index in [1.54, 1.807) is 13.8 Å². The molecule has 110 valence electrons. The maximum absolute atomic E-state index is 9.08. The summed E-state index contributed by atoms with van der Waals surface area (Å²) in [5.41, 5.74) is 0. The van der Waals surface area contributed by atoms with E-state index in [-0.39, 0.29) is 18.3 Å². The van der Waals surface area contributed by atoms with Gasteiger partial charge in [-0.05, 0) is 34.1 Å². The molecule has 4 atom stereocenters. The summed E-state index contributed by atoms with van der Waals surface area (Å²) in [4.78, 5) is 0. The molecule has 5 heteroatoms. The van der Waals surface area contributed by atoms with Crippen LogP contribution in [0.4, 0.5) is 0 Å². The molecule has 5 nitrogen and oxygen atoms in total. The summed E-state index contributed by atoms with van der Waals surface area (Å²) >= 11 is 0. The first-order valence-corrected chi connectivity index (χ1v) is 6.58. The summed E-state index contributed by atoms with van der Waals surface area (Å²) in [5, 5.41) is 18.1. The Morgan fingerprint density at radius 3 is 1.94 bits per heavy atom. The van der Waals surface area contributed by atoms with Crippen LogP contribution >= 0.6 is 0 Å². The van der Waals surface area contributed by atoms with Crippen LogP contribution in [0, 0.1) is 0 Å². The van der Waals surface area contributed by atoms with Gasteiger partial charge in [-0.15, -0.1) is 0 Å². The Morgan fingerprint density at radius 1 is 0.778 bits per heavy atom. The first-order valence-electron chi connectivity index (χ1n) is 6.58. The predicted molar refractivity (Wildman–Crippen MR) is 69.6 cm³/mol. The molecule has 0 radical (unpaired) electrons. The second-order valence-electron chi connectivity index (χ2n) is 4.85. The van der Waals surface area contributed by atoms with Gasteiger partial charge in [0.25, 0.3) is 0 Å². The van der Waals surface area contributed by atoms with E-state index in [4.69, 9.17) is 24.4 Å². The average Bonchev–Trinajstić information content (AvgIpc) is 2.25. The van der Waals surface area contributed by atoms with E-state index in [1.165, 1.54) is 0 Å². The summed E-state index contributed by atoms with van der Waals surface area (Å²) in [6.45, 7) is 9.11. The average molecular weight is 264 g/mol. The van der Waals surface area contributed by atoms with Crippen molar-refractivity contribution < 1.29 is 24.4 Å². The van der Waals surface area contributed by atoms with Crippen LogP contribution in [0.15, 0.2) is 0 Å². The Kier molecular flexibility index (Phi) is 10.6. The van der Waals surface area contributed by atoms with Gasteiger partial charge in [-0.25, -0.2) is 0 Å². The normalized spacial score (nSPS) is 18.3. The summed E-state index contributed by atoms with van der Waals surface area (Å²) in [5.74, 6) is 0. The summed E-state index contributed by atoms with van der Waals surface area (Å²) in [6, 6.07) is 0. The van der Waals surface area contributed by atoms with E-state index in [2.05, 4.69) is 0 Å². The highest BCUT2D eigenvalue weighted by atomic mass is 16.6. The Bertz CT molecular complexity index is 164. The van der Waals surface area contributed by atoms with Crippen molar-refractivity contribution in [2.75, 3.05) is 26.4 Å². The molecule has 2 N–H and O–H groups in total. The number of aliphatic hydroxyl groups is 2. The van der Waals surface area contributed by atoms with E-state index in [0.717, 1.165) is 0 Å². The third kappa shape index (κ3) is 12.3. The zero-order chi connectivity index (χ0) is 14.0. The molecule has 4 unspecified atom stereocenters. The van der Waals surface area contributed by atoms with Gasteiger partial charge in [0, 0.05) is 6.61 Å². The van der Waals surface area contributed by atoms with E-state index >= 15 is 0 Å². The Hall–Kier alpha value is -0.200. The van der Waals surface area contributed by atoms with Crippen LogP contribution in [-0.2, 0) is 14.2 Å². The minimum atomic E-state index is -0.445. The largest absolute Gasteiger partial charge is 0.393 e. The van der Waals surface area contributed by atoms with E-state index in [9.17, 15) is 0 Å². The van der Waals surface area contributed by atoms with Crippen molar-refractivity contribution >= 4 is 0 Å². The van der Waals surface area contributed by atoms with Crippen LogP contribution in [0.5, 0.6) is 0 Å². The molecule has 0 saturated heterocycles. The highest BCUT2D eigenvalue weighted by Crippen LogP contribution is 2.00. The van der Waals surface area contributed by atoms with Gasteiger partial charge in [0.1, 0.15) is 0 Å². The maximum atomic E-state index is 9.08. The minimum Gasteiger partial charge on any atom is -0.393 e. The van der Waals surface area contributed by atoms with Crippen LogP contribution in [0.2, 0.25) is 0 Å². The Labute approximate surface area is 110 Å². The summed E-state index contributed by atoms with van der Waals surface area (Å²) in [7, 11) is 0. The number of aliphatic hydroxyl groups excluding tert-OH is 2. The second kappa shape index (κ2) is 10.7. The fourth-order valence-corrected chi connectivity index (χ4v) is 1.24. The minimum absolute atomic E-state index is 0.00275. The van der Waals surface area contributed by atoms with Crippen molar-refractivity contribution in [1.82, 2.24) is 0 Å². The zero-order valence-corrected chi connectivity index (χ0v) is 12.0. The number of rotatable bonds is 11. The summed E-state index contributed by atoms with van der Waals surface area (Å²) in [6.07, 6.45) is -0.155. The molecule has 0 rings (SSSR count). The van der Waals surface area contributed by atoms with Crippen molar-refractivity contribution in [3.63, 3.8) is 0 Å². The lowest BCUT2D eigenvalue weighted by molar-refractivity contribution is -0.0674. The molecule has 0 spiro atoms. The molecule has 0 bridgehead atoms. The first-order chi connectivity index (χ1) is 8.41. The van der Waals surface area contributed by atoms with Gasteiger partial charge in [-0.3, -0.25) is 0 Å². The number of ether oxygens (including phenoxy) is 3. The third-order valence-corrected chi connectivity index (χ3v) is 2.27. The molecular weight excluding hydrogens is 236 g/mol. The van der Waals surface area contributed by atoms with Crippen molar-refractivity contribution in [2.45, 2.75) is 58.5 Å². The predicted octanol–water partition coefficient (Wildman–Crippen LogP) is 0.965. The van der Waals surface area contributed by atoms with E-state index in [0.29, 0.717) is 32.8 Å². The number of hydrogen-bond acceptors (Lipinski definition) is 5. The van der Waals surface area contributed by atoms with Crippen LogP contribution in [-0.4, -0.2) is 61.1 Å². The molecule has 0 aromatic rings. The second-order valence-corrected chi connectivity index (χ2v) is 4.85. The van der Waals surface area contributed by atoms with Gasteiger partial charge in [0.05, 0.1) is 44.2 Å². The highest BCUT2D eigenvalue weighted by Gasteiger charge is 2.08. The topological polar surface area (TPSA) is 68.2 Å².